The molecule has 0 aliphatic rings. The lowest BCUT2D eigenvalue weighted by atomic mass is 10.0. The molecule has 4 heteroatoms. The number of hydrogen-bond acceptors (Lipinski definition) is 3. The first-order valence-corrected chi connectivity index (χ1v) is 6.99. The molecule has 0 unspecified atom stereocenters. The van der Waals surface area contributed by atoms with Crippen LogP contribution in [0, 0.1) is 5.82 Å². The molecule has 21 heavy (non-hydrogen) atoms. The molecule has 0 radical (unpaired) electrons. The molecule has 0 bridgehead atoms. The van der Waals surface area contributed by atoms with Crippen molar-refractivity contribution >= 4 is 0 Å². The standard InChI is InChI=1S/C17H20FNO2/c1-12(19-11-13-3-2-4-16(20)10-13)9-17(21)14-5-7-15(18)8-6-14/h2-8,10,12,17,19-21H,9,11H2,1H3/t12-,17+/m0/s1. The third-order valence-electron chi connectivity index (χ3n) is 3.40. The van der Waals surface area contributed by atoms with Crippen LogP contribution in [0.5, 0.6) is 5.75 Å². The Balaban J connectivity index is 1.83. The highest BCUT2D eigenvalue weighted by Gasteiger charge is 2.12. The maximum absolute atomic E-state index is 12.8. The topological polar surface area (TPSA) is 52.5 Å². The van der Waals surface area contributed by atoms with Crippen LogP contribution in [0.2, 0.25) is 0 Å². The number of hydrogen-bond donors (Lipinski definition) is 3. The third-order valence-corrected chi connectivity index (χ3v) is 3.40. The third kappa shape index (κ3) is 4.85. The summed E-state index contributed by atoms with van der Waals surface area (Å²) < 4.78 is 12.8. The van der Waals surface area contributed by atoms with Crippen LogP contribution in [0.25, 0.3) is 0 Å². The molecule has 0 aliphatic carbocycles. The van der Waals surface area contributed by atoms with Gasteiger partial charge in [-0.1, -0.05) is 24.3 Å². The molecule has 0 heterocycles. The van der Waals surface area contributed by atoms with E-state index in [4.69, 9.17) is 0 Å². The minimum Gasteiger partial charge on any atom is -0.508 e. The second-order valence-electron chi connectivity index (χ2n) is 5.25. The Kier molecular flexibility index (Phi) is 5.31. The summed E-state index contributed by atoms with van der Waals surface area (Å²) in [7, 11) is 0. The van der Waals surface area contributed by atoms with Gasteiger partial charge in [0.1, 0.15) is 11.6 Å². The monoisotopic (exact) mass is 289 g/mol. The molecule has 0 spiro atoms. The number of aliphatic hydroxyl groups is 1. The molecule has 112 valence electrons. The Hall–Kier alpha value is -1.91. The van der Waals surface area contributed by atoms with Crippen molar-refractivity contribution in [2.24, 2.45) is 0 Å². The van der Waals surface area contributed by atoms with Crippen LogP contribution >= 0.6 is 0 Å². The fraction of sp³-hybridized carbons (Fsp3) is 0.294. The van der Waals surface area contributed by atoms with E-state index in [2.05, 4.69) is 5.32 Å². The van der Waals surface area contributed by atoms with E-state index in [1.165, 1.54) is 12.1 Å². The molecular formula is C17H20FNO2. The van der Waals surface area contributed by atoms with Gasteiger partial charge in [0.05, 0.1) is 6.10 Å². The van der Waals surface area contributed by atoms with Crippen LogP contribution in [0.1, 0.15) is 30.6 Å². The van der Waals surface area contributed by atoms with Gasteiger partial charge in [-0.2, -0.15) is 0 Å². The quantitative estimate of drug-likeness (QED) is 0.766. The lowest BCUT2D eigenvalue weighted by molar-refractivity contribution is 0.153. The van der Waals surface area contributed by atoms with Gasteiger partial charge in [-0.05, 0) is 48.7 Å². The van der Waals surface area contributed by atoms with Crippen LogP contribution in [0.4, 0.5) is 4.39 Å². The minimum absolute atomic E-state index is 0.0902. The van der Waals surface area contributed by atoms with Gasteiger partial charge in [-0.25, -0.2) is 4.39 Å². The summed E-state index contributed by atoms with van der Waals surface area (Å²) in [6.07, 6.45) is -0.0953. The number of halogens is 1. The Morgan fingerprint density at radius 1 is 1.14 bits per heavy atom. The van der Waals surface area contributed by atoms with E-state index in [-0.39, 0.29) is 17.6 Å². The number of nitrogens with one attached hydrogen (secondary N) is 1. The Bertz CT molecular complexity index is 571. The Morgan fingerprint density at radius 3 is 2.52 bits per heavy atom. The van der Waals surface area contributed by atoms with Crippen molar-refractivity contribution in [2.75, 3.05) is 0 Å². The van der Waals surface area contributed by atoms with E-state index in [0.29, 0.717) is 18.5 Å². The summed E-state index contributed by atoms with van der Waals surface area (Å²) in [6, 6.07) is 13.0. The van der Waals surface area contributed by atoms with Gasteiger partial charge in [0.2, 0.25) is 0 Å². The lowest BCUT2D eigenvalue weighted by Crippen LogP contribution is -2.27. The Morgan fingerprint density at radius 2 is 1.86 bits per heavy atom. The number of phenolic OH excluding ortho intramolecular Hbond substituents is 1. The lowest BCUT2D eigenvalue weighted by Gasteiger charge is -2.18. The average molecular weight is 289 g/mol. The van der Waals surface area contributed by atoms with Crippen molar-refractivity contribution in [3.05, 3.63) is 65.5 Å². The molecule has 0 saturated carbocycles. The number of aliphatic hydroxyl groups excluding tert-OH is 1. The number of aromatic hydroxyl groups is 1. The van der Waals surface area contributed by atoms with Crippen LogP contribution in [0.15, 0.2) is 48.5 Å². The number of benzene rings is 2. The highest BCUT2D eigenvalue weighted by molar-refractivity contribution is 5.27. The van der Waals surface area contributed by atoms with Crippen molar-refractivity contribution in [1.82, 2.24) is 5.32 Å². The minimum atomic E-state index is -0.628. The molecule has 0 saturated heterocycles. The predicted octanol–water partition coefficient (Wildman–Crippen LogP) is 3.13. The van der Waals surface area contributed by atoms with Crippen LogP contribution in [-0.2, 0) is 6.54 Å². The molecule has 2 atom stereocenters. The van der Waals surface area contributed by atoms with E-state index < -0.39 is 6.10 Å². The summed E-state index contributed by atoms with van der Waals surface area (Å²) in [4.78, 5) is 0. The molecule has 0 amide bonds. The summed E-state index contributed by atoms with van der Waals surface area (Å²) >= 11 is 0. The average Bonchev–Trinajstić information content (AvgIpc) is 2.46. The number of phenols is 1. The van der Waals surface area contributed by atoms with Gasteiger partial charge in [-0.3, -0.25) is 0 Å². The molecule has 0 fully saturated rings. The zero-order valence-electron chi connectivity index (χ0n) is 12.0. The molecule has 0 aromatic heterocycles. The van der Waals surface area contributed by atoms with Crippen molar-refractivity contribution in [2.45, 2.75) is 32.0 Å². The van der Waals surface area contributed by atoms with Crippen LogP contribution in [0.3, 0.4) is 0 Å². The second kappa shape index (κ2) is 7.20. The van der Waals surface area contributed by atoms with Crippen LogP contribution in [-0.4, -0.2) is 16.3 Å². The predicted molar refractivity (Wildman–Crippen MR) is 80.4 cm³/mol. The molecular weight excluding hydrogens is 269 g/mol. The molecule has 2 aromatic rings. The number of rotatable bonds is 6. The summed E-state index contributed by atoms with van der Waals surface area (Å²) in [6.45, 7) is 2.60. The van der Waals surface area contributed by atoms with E-state index >= 15 is 0 Å². The van der Waals surface area contributed by atoms with E-state index in [1.807, 2.05) is 13.0 Å². The first-order chi connectivity index (χ1) is 10.0. The maximum atomic E-state index is 12.8. The molecule has 0 aliphatic heterocycles. The van der Waals surface area contributed by atoms with Crippen molar-refractivity contribution in [3.8, 4) is 5.75 Å². The van der Waals surface area contributed by atoms with Crippen molar-refractivity contribution < 1.29 is 14.6 Å². The van der Waals surface area contributed by atoms with Gasteiger partial charge in [-0.15, -0.1) is 0 Å². The summed E-state index contributed by atoms with van der Waals surface area (Å²) in [5, 5.41) is 22.8. The van der Waals surface area contributed by atoms with Crippen molar-refractivity contribution in [3.63, 3.8) is 0 Å². The van der Waals surface area contributed by atoms with Gasteiger partial charge in [0.15, 0.2) is 0 Å². The van der Waals surface area contributed by atoms with Crippen LogP contribution < -0.4 is 5.32 Å². The smallest absolute Gasteiger partial charge is 0.123 e. The normalized spacial score (nSPS) is 13.9. The molecule has 2 rings (SSSR count). The van der Waals surface area contributed by atoms with Gasteiger partial charge >= 0.3 is 0 Å². The van der Waals surface area contributed by atoms with Gasteiger partial charge < -0.3 is 15.5 Å². The SMILES string of the molecule is C[C@@H](C[C@@H](O)c1ccc(F)cc1)NCc1cccc(O)c1. The van der Waals surface area contributed by atoms with Crippen molar-refractivity contribution in [1.29, 1.82) is 0 Å². The van der Waals surface area contributed by atoms with E-state index in [1.54, 1.807) is 30.3 Å². The summed E-state index contributed by atoms with van der Waals surface area (Å²) in [5.41, 5.74) is 1.69. The highest BCUT2D eigenvalue weighted by atomic mass is 19.1. The molecule has 2 aromatic carbocycles. The van der Waals surface area contributed by atoms with E-state index in [0.717, 1.165) is 5.56 Å². The molecule has 3 nitrogen and oxygen atoms in total. The zero-order valence-corrected chi connectivity index (χ0v) is 12.0. The fourth-order valence-electron chi connectivity index (χ4n) is 2.20. The largest absolute Gasteiger partial charge is 0.508 e. The first kappa shape index (κ1) is 15.5. The highest BCUT2D eigenvalue weighted by Crippen LogP contribution is 2.19. The first-order valence-electron chi connectivity index (χ1n) is 6.99. The fourth-order valence-corrected chi connectivity index (χ4v) is 2.20. The Labute approximate surface area is 124 Å². The maximum Gasteiger partial charge on any atom is 0.123 e. The van der Waals surface area contributed by atoms with Gasteiger partial charge in [0, 0.05) is 12.6 Å². The second-order valence-corrected chi connectivity index (χ2v) is 5.25. The van der Waals surface area contributed by atoms with E-state index in [9.17, 15) is 14.6 Å². The zero-order chi connectivity index (χ0) is 15.2. The summed E-state index contributed by atoms with van der Waals surface area (Å²) in [5.74, 6) is -0.0608. The molecule has 3 N–H and O–H groups in total. The van der Waals surface area contributed by atoms with Gasteiger partial charge in [0.25, 0.3) is 0 Å².